The Morgan fingerprint density at radius 1 is 1.37 bits per heavy atom. The van der Waals surface area contributed by atoms with Gasteiger partial charge in [-0.2, -0.15) is 0 Å². The van der Waals surface area contributed by atoms with Crippen LogP contribution in [-0.2, 0) is 0 Å². The maximum absolute atomic E-state index is 12.6. The van der Waals surface area contributed by atoms with Crippen LogP contribution < -0.4 is 11.1 Å². The van der Waals surface area contributed by atoms with Crippen molar-refractivity contribution in [2.24, 2.45) is 11.8 Å². The van der Waals surface area contributed by atoms with Gasteiger partial charge in [0, 0.05) is 20.1 Å². The molecule has 0 saturated heterocycles. The summed E-state index contributed by atoms with van der Waals surface area (Å²) in [5, 5.41) is 3.65. The SMILES string of the molecule is CNc1nc(N)c(C(=O)N(CC2CC2)CC2CC2)s1. The van der Waals surface area contributed by atoms with E-state index in [0.29, 0.717) is 27.7 Å². The number of nitrogens with one attached hydrogen (secondary N) is 1. The molecule has 1 aromatic rings. The van der Waals surface area contributed by atoms with Crippen molar-refractivity contribution in [3.63, 3.8) is 0 Å². The first-order valence-electron chi connectivity index (χ1n) is 6.90. The van der Waals surface area contributed by atoms with Gasteiger partial charge in [0.25, 0.3) is 5.91 Å². The molecule has 2 fully saturated rings. The molecule has 3 rings (SSSR count). The van der Waals surface area contributed by atoms with Gasteiger partial charge in [0.1, 0.15) is 10.7 Å². The second kappa shape index (κ2) is 5.00. The molecule has 2 aliphatic rings. The van der Waals surface area contributed by atoms with E-state index in [1.807, 2.05) is 4.90 Å². The van der Waals surface area contributed by atoms with Gasteiger partial charge in [-0.3, -0.25) is 4.79 Å². The molecule has 2 aliphatic carbocycles. The first kappa shape index (κ1) is 12.7. The molecule has 5 nitrogen and oxygen atoms in total. The zero-order valence-corrected chi connectivity index (χ0v) is 12.0. The summed E-state index contributed by atoms with van der Waals surface area (Å²) < 4.78 is 0. The molecule has 0 atom stereocenters. The fraction of sp³-hybridized carbons (Fsp3) is 0.692. The van der Waals surface area contributed by atoms with E-state index < -0.39 is 0 Å². The number of carbonyl (C=O) groups excluding carboxylic acids is 1. The molecule has 0 aliphatic heterocycles. The third-order valence-corrected chi connectivity index (χ3v) is 4.78. The summed E-state index contributed by atoms with van der Waals surface area (Å²) in [6.45, 7) is 1.78. The highest BCUT2D eigenvalue weighted by atomic mass is 32.1. The fourth-order valence-electron chi connectivity index (χ4n) is 2.20. The maximum atomic E-state index is 12.6. The highest BCUT2D eigenvalue weighted by molar-refractivity contribution is 7.18. The number of rotatable bonds is 6. The van der Waals surface area contributed by atoms with Crippen molar-refractivity contribution in [2.75, 3.05) is 31.2 Å². The standard InChI is InChI=1S/C13H20N4OS/c1-15-13-16-11(14)10(19-13)12(18)17(6-8-2-3-8)7-9-4-5-9/h8-9H,2-7,14H2,1H3,(H,15,16). The van der Waals surface area contributed by atoms with Crippen molar-refractivity contribution < 1.29 is 4.79 Å². The fourth-order valence-corrected chi connectivity index (χ4v) is 3.01. The summed E-state index contributed by atoms with van der Waals surface area (Å²) in [6, 6.07) is 0. The van der Waals surface area contributed by atoms with Crippen molar-refractivity contribution in [2.45, 2.75) is 25.7 Å². The lowest BCUT2D eigenvalue weighted by atomic mass is 10.3. The Morgan fingerprint density at radius 3 is 2.37 bits per heavy atom. The normalized spacial score (nSPS) is 18.4. The molecule has 0 unspecified atom stereocenters. The molecule has 0 spiro atoms. The van der Waals surface area contributed by atoms with Crippen LogP contribution in [-0.4, -0.2) is 35.9 Å². The smallest absolute Gasteiger partial charge is 0.267 e. The summed E-state index contributed by atoms with van der Waals surface area (Å²) in [7, 11) is 1.79. The number of thiazole rings is 1. The Bertz CT molecular complexity index is 465. The number of carbonyl (C=O) groups is 1. The number of hydrogen-bond donors (Lipinski definition) is 2. The largest absolute Gasteiger partial charge is 0.382 e. The predicted molar refractivity (Wildman–Crippen MR) is 77.4 cm³/mol. The number of anilines is 2. The van der Waals surface area contributed by atoms with Crippen LogP contribution in [0.15, 0.2) is 0 Å². The van der Waals surface area contributed by atoms with E-state index in [-0.39, 0.29) is 5.91 Å². The van der Waals surface area contributed by atoms with Crippen LogP contribution >= 0.6 is 11.3 Å². The molecular weight excluding hydrogens is 260 g/mol. The number of hydrogen-bond acceptors (Lipinski definition) is 5. The van der Waals surface area contributed by atoms with Gasteiger partial charge in [0.2, 0.25) is 0 Å². The summed E-state index contributed by atoms with van der Waals surface area (Å²) in [5.41, 5.74) is 5.86. The number of aromatic nitrogens is 1. The van der Waals surface area contributed by atoms with Gasteiger partial charge < -0.3 is 16.0 Å². The second-order valence-corrected chi connectivity index (χ2v) is 6.58. The minimum Gasteiger partial charge on any atom is -0.382 e. The molecular formula is C13H20N4OS. The molecule has 1 heterocycles. The van der Waals surface area contributed by atoms with E-state index in [0.717, 1.165) is 13.1 Å². The zero-order chi connectivity index (χ0) is 13.4. The second-order valence-electron chi connectivity index (χ2n) is 5.58. The third-order valence-electron chi connectivity index (χ3n) is 3.70. The van der Waals surface area contributed by atoms with Crippen LogP contribution in [0.5, 0.6) is 0 Å². The van der Waals surface area contributed by atoms with Gasteiger partial charge in [-0.05, 0) is 37.5 Å². The van der Waals surface area contributed by atoms with Gasteiger partial charge >= 0.3 is 0 Å². The van der Waals surface area contributed by atoms with Crippen LogP contribution in [0.25, 0.3) is 0 Å². The van der Waals surface area contributed by atoms with E-state index in [1.54, 1.807) is 7.05 Å². The Kier molecular flexibility index (Phi) is 3.35. The minimum atomic E-state index is 0.0651. The van der Waals surface area contributed by atoms with Crippen LogP contribution in [0, 0.1) is 11.8 Å². The minimum absolute atomic E-state index is 0.0651. The van der Waals surface area contributed by atoms with Gasteiger partial charge in [-0.25, -0.2) is 4.98 Å². The molecule has 1 amide bonds. The summed E-state index contributed by atoms with van der Waals surface area (Å²) >= 11 is 1.35. The van der Waals surface area contributed by atoms with Gasteiger partial charge in [-0.15, -0.1) is 0 Å². The van der Waals surface area contributed by atoms with Gasteiger partial charge in [-0.1, -0.05) is 11.3 Å². The topological polar surface area (TPSA) is 71.2 Å². The molecule has 6 heteroatoms. The van der Waals surface area contributed by atoms with E-state index in [9.17, 15) is 4.79 Å². The van der Waals surface area contributed by atoms with E-state index in [4.69, 9.17) is 5.73 Å². The Morgan fingerprint density at radius 2 is 1.95 bits per heavy atom. The van der Waals surface area contributed by atoms with Crippen LogP contribution in [0.2, 0.25) is 0 Å². The molecule has 0 radical (unpaired) electrons. The van der Waals surface area contributed by atoms with Crippen LogP contribution in [0.3, 0.4) is 0 Å². The van der Waals surface area contributed by atoms with Crippen molar-refractivity contribution in [3.05, 3.63) is 4.88 Å². The lowest BCUT2D eigenvalue weighted by Crippen LogP contribution is -2.34. The number of nitrogen functional groups attached to an aromatic ring is 1. The highest BCUT2D eigenvalue weighted by Gasteiger charge is 2.33. The molecule has 3 N–H and O–H groups in total. The van der Waals surface area contributed by atoms with Crippen LogP contribution in [0.1, 0.15) is 35.4 Å². The number of amides is 1. The molecule has 104 valence electrons. The average molecular weight is 280 g/mol. The van der Waals surface area contributed by atoms with E-state index in [2.05, 4.69) is 10.3 Å². The Hall–Kier alpha value is -1.30. The Labute approximate surface area is 117 Å². The predicted octanol–water partition coefficient (Wildman–Crippen LogP) is 2.03. The molecule has 19 heavy (non-hydrogen) atoms. The van der Waals surface area contributed by atoms with Gasteiger partial charge in [0.05, 0.1) is 0 Å². The molecule has 0 aromatic carbocycles. The third kappa shape index (κ3) is 3.00. The van der Waals surface area contributed by atoms with Crippen molar-refractivity contribution in [1.29, 1.82) is 0 Å². The average Bonchev–Trinajstić information content (AvgIpc) is 3.30. The van der Waals surface area contributed by atoms with Gasteiger partial charge in [0.15, 0.2) is 5.13 Å². The lowest BCUT2D eigenvalue weighted by molar-refractivity contribution is 0.0745. The maximum Gasteiger partial charge on any atom is 0.267 e. The molecule has 1 aromatic heterocycles. The van der Waals surface area contributed by atoms with E-state index in [1.165, 1.54) is 37.0 Å². The highest BCUT2D eigenvalue weighted by Crippen LogP contribution is 2.35. The number of nitrogens with zero attached hydrogens (tertiary/aromatic N) is 2. The van der Waals surface area contributed by atoms with E-state index >= 15 is 0 Å². The van der Waals surface area contributed by atoms with Crippen LogP contribution in [0.4, 0.5) is 10.9 Å². The number of nitrogens with two attached hydrogens (primary N) is 1. The zero-order valence-electron chi connectivity index (χ0n) is 11.2. The molecule has 2 saturated carbocycles. The summed E-state index contributed by atoms with van der Waals surface area (Å²) in [4.78, 5) is 19.4. The van der Waals surface area contributed by atoms with Crippen molar-refractivity contribution >= 4 is 28.2 Å². The lowest BCUT2D eigenvalue weighted by Gasteiger charge is -2.21. The quantitative estimate of drug-likeness (QED) is 0.836. The van der Waals surface area contributed by atoms with Crippen molar-refractivity contribution in [3.8, 4) is 0 Å². The Balaban J connectivity index is 1.74. The monoisotopic (exact) mass is 280 g/mol. The first-order valence-corrected chi connectivity index (χ1v) is 7.72. The summed E-state index contributed by atoms with van der Waals surface area (Å²) in [6.07, 6.45) is 5.03. The summed E-state index contributed by atoms with van der Waals surface area (Å²) in [5.74, 6) is 1.84. The van der Waals surface area contributed by atoms with Crippen molar-refractivity contribution in [1.82, 2.24) is 9.88 Å². The molecule has 0 bridgehead atoms. The first-order chi connectivity index (χ1) is 9.17.